The molecule has 180 valence electrons. The number of fused-ring (bicyclic) bond motifs is 1. The molecule has 0 aliphatic heterocycles. The molecular formula is C25H23F5N2O2. The molecule has 1 amide bonds. The van der Waals surface area contributed by atoms with E-state index in [0.29, 0.717) is 12.8 Å². The largest absolute Gasteiger partial charge is 0.432 e. The number of aromatic nitrogens is 1. The molecule has 0 bridgehead atoms. The van der Waals surface area contributed by atoms with Crippen molar-refractivity contribution in [2.75, 3.05) is 0 Å². The molecule has 2 unspecified atom stereocenters. The van der Waals surface area contributed by atoms with Crippen molar-refractivity contribution in [3.05, 3.63) is 71.7 Å². The van der Waals surface area contributed by atoms with Gasteiger partial charge in [-0.25, -0.2) is 13.2 Å². The Labute approximate surface area is 193 Å². The minimum atomic E-state index is -3.17. The average molecular weight is 478 g/mol. The molecule has 1 aliphatic rings. The summed E-state index contributed by atoms with van der Waals surface area (Å²) >= 11 is 0. The van der Waals surface area contributed by atoms with E-state index in [-0.39, 0.29) is 34.3 Å². The first-order valence-electron chi connectivity index (χ1n) is 10.9. The van der Waals surface area contributed by atoms with Gasteiger partial charge in [0.2, 0.25) is 6.43 Å². The van der Waals surface area contributed by atoms with Gasteiger partial charge in [-0.2, -0.15) is 8.78 Å². The summed E-state index contributed by atoms with van der Waals surface area (Å²) in [6, 6.07) is 12.5. The Morgan fingerprint density at radius 1 is 1.09 bits per heavy atom. The lowest BCUT2D eigenvalue weighted by Crippen LogP contribution is -2.47. The van der Waals surface area contributed by atoms with E-state index in [9.17, 15) is 26.7 Å². The lowest BCUT2D eigenvalue weighted by molar-refractivity contribution is -0.0520. The number of carbonyl (C=O) groups is 1. The van der Waals surface area contributed by atoms with Gasteiger partial charge in [-0.1, -0.05) is 37.3 Å². The molecule has 4 rings (SSSR count). The van der Waals surface area contributed by atoms with Crippen LogP contribution in [0.4, 0.5) is 22.0 Å². The van der Waals surface area contributed by atoms with E-state index < -0.39 is 36.4 Å². The summed E-state index contributed by atoms with van der Waals surface area (Å²) < 4.78 is 69.9. The maximum absolute atomic E-state index is 14.0. The van der Waals surface area contributed by atoms with Gasteiger partial charge in [0.05, 0.1) is 11.1 Å². The average Bonchev–Trinajstić information content (AvgIpc) is 2.77. The molecule has 1 N–H and O–H groups in total. The SMILES string of the molecule is CC(C(F)F)C(c1ccccc1)[C@H]1C[C@H](NC(=O)c2cnc3cc(OC(F)F)c(F)cc3c2)C1. The molecule has 4 nitrogen and oxygen atoms in total. The van der Waals surface area contributed by atoms with E-state index in [1.807, 2.05) is 30.3 Å². The van der Waals surface area contributed by atoms with Gasteiger partial charge in [-0.15, -0.1) is 0 Å². The molecule has 1 aliphatic carbocycles. The number of carbonyl (C=O) groups excluding carboxylic acids is 1. The third kappa shape index (κ3) is 5.13. The van der Waals surface area contributed by atoms with Crippen molar-refractivity contribution in [1.29, 1.82) is 0 Å². The van der Waals surface area contributed by atoms with E-state index in [1.54, 1.807) is 6.92 Å². The van der Waals surface area contributed by atoms with Gasteiger partial charge < -0.3 is 10.1 Å². The van der Waals surface area contributed by atoms with E-state index >= 15 is 0 Å². The summed E-state index contributed by atoms with van der Waals surface area (Å²) in [6.07, 6.45) is -0.0585. The van der Waals surface area contributed by atoms with Crippen LogP contribution in [0.15, 0.2) is 54.7 Å². The number of amides is 1. The summed E-state index contributed by atoms with van der Waals surface area (Å²) in [5.74, 6) is -3.17. The van der Waals surface area contributed by atoms with Crippen LogP contribution in [0.25, 0.3) is 10.9 Å². The Bertz CT molecular complexity index is 1150. The highest BCUT2D eigenvalue weighted by atomic mass is 19.3. The van der Waals surface area contributed by atoms with Crippen molar-refractivity contribution in [2.24, 2.45) is 11.8 Å². The maximum atomic E-state index is 14.0. The number of alkyl halides is 4. The van der Waals surface area contributed by atoms with Gasteiger partial charge in [0.15, 0.2) is 11.6 Å². The third-order valence-electron chi connectivity index (χ3n) is 6.38. The molecule has 1 aromatic heterocycles. The van der Waals surface area contributed by atoms with Crippen LogP contribution in [0.2, 0.25) is 0 Å². The van der Waals surface area contributed by atoms with Gasteiger partial charge in [0.1, 0.15) is 0 Å². The highest BCUT2D eigenvalue weighted by Gasteiger charge is 2.41. The molecule has 1 heterocycles. The first kappa shape index (κ1) is 23.9. The van der Waals surface area contributed by atoms with Crippen LogP contribution in [0.3, 0.4) is 0 Å². The van der Waals surface area contributed by atoms with Crippen LogP contribution in [-0.4, -0.2) is 30.0 Å². The zero-order valence-corrected chi connectivity index (χ0v) is 18.2. The summed E-state index contributed by atoms with van der Waals surface area (Å²) in [7, 11) is 0. The van der Waals surface area contributed by atoms with E-state index in [0.717, 1.165) is 17.7 Å². The van der Waals surface area contributed by atoms with E-state index in [4.69, 9.17) is 0 Å². The second-order valence-corrected chi connectivity index (χ2v) is 8.61. The van der Waals surface area contributed by atoms with Crippen LogP contribution in [0.5, 0.6) is 5.75 Å². The van der Waals surface area contributed by atoms with Gasteiger partial charge in [0, 0.05) is 29.6 Å². The van der Waals surface area contributed by atoms with Crippen LogP contribution < -0.4 is 10.1 Å². The van der Waals surface area contributed by atoms with Gasteiger partial charge >= 0.3 is 6.61 Å². The van der Waals surface area contributed by atoms with Crippen molar-refractivity contribution in [1.82, 2.24) is 10.3 Å². The summed E-state index contributed by atoms with van der Waals surface area (Å²) in [4.78, 5) is 16.7. The molecule has 2 aromatic carbocycles. The van der Waals surface area contributed by atoms with Crippen LogP contribution >= 0.6 is 0 Å². The highest BCUT2D eigenvalue weighted by Crippen LogP contribution is 2.45. The number of rotatable bonds is 8. The highest BCUT2D eigenvalue weighted by molar-refractivity contribution is 5.97. The van der Waals surface area contributed by atoms with Crippen LogP contribution in [-0.2, 0) is 0 Å². The standard InChI is InChI=1S/C25H23F5N2O2/c1-13(23(27)28)22(14-5-3-2-4-6-14)16-8-18(9-16)32-24(33)17-7-15-10-19(26)21(34-25(29)30)11-20(15)31-12-17/h2-7,10-13,16,18,22-23,25H,8-9H2,1H3,(H,32,33)/t13?,16-,18-,22?. The Hall–Kier alpha value is -3.23. The number of nitrogens with zero attached hydrogens (tertiary/aromatic N) is 1. The minimum absolute atomic E-state index is 0.00813. The van der Waals surface area contributed by atoms with Crippen LogP contribution in [0, 0.1) is 17.7 Å². The minimum Gasteiger partial charge on any atom is -0.432 e. The van der Waals surface area contributed by atoms with Crippen molar-refractivity contribution in [3.8, 4) is 5.75 Å². The van der Waals surface area contributed by atoms with Crippen molar-refractivity contribution >= 4 is 16.8 Å². The molecule has 1 fully saturated rings. The summed E-state index contributed by atoms with van der Waals surface area (Å²) in [6.45, 7) is -1.63. The molecule has 0 saturated heterocycles. The number of ether oxygens (including phenoxy) is 1. The second kappa shape index (κ2) is 9.95. The second-order valence-electron chi connectivity index (χ2n) is 8.61. The predicted molar refractivity (Wildman–Crippen MR) is 117 cm³/mol. The first-order chi connectivity index (χ1) is 16.2. The zero-order valence-electron chi connectivity index (χ0n) is 18.2. The number of nitrogens with one attached hydrogen (secondary N) is 1. The smallest absolute Gasteiger partial charge is 0.387 e. The maximum Gasteiger partial charge on any atom is 0.387 e. The van der Waals surface area contributed by atoms with Crippen molar-refractivity contribution < 1.29 is 31.5 Å². The quantitative estimate of drug-likeness (QED) is 0.394. The lowest BCUT2D eigenvalue weighted by atomic mass is 9.66. The van der Waals surface area contributed by atoms with E-state index in [1.165, 1.54) is 12.3 Å². The zero-order chi connectivity index (χ0) is 24.4. The fourth-order valence-electron chi connectivity index (χ4n) is 4.62. The lowest BCUT2D eigenvalue weighted by Gasteiger charge is -2.43. The van der Waals surface area contributed by atoms with Gasteiger partial charge in [-0.05, 0) is 42.4 Å². The van der Waals surface area contributed by atoms with Gasteiger partial charge in [-0.3, -0.25) is 9.78 Å². The monoisotopic (exact) mass is 478 g/mol. The molecule has 0 spiro atoms. The van der Waals surface area contributed by atoms with Crippen molar-refractivity contribution in [3.63, 3.8) is 0 Å². The number of halogens is 5. The Morgan fingerprint density at radius 3 is 2.44 bits per heavy atom. The molecule has 1 saturated carbocycles. The molecule has 0 radical (unpaired) electrons. The molecular weight excluding hydrogens is 455 g/mol. The first-order valence-corrected chi connectivity index (χ1v) is 10.9. The summed E-state index contributed by atoms with van der Waals surface area (Å²) in [5, 5.41) is 3.13. The molecule has 34 heavy (non-hydrogen) atoms. The van der Waals surface area contributed by atoms with E-state index in [2.05, 4.69) is 15.0 Å². The number of pyridine rings is 1. The van der Waals surface area contributed by atoms with Gasteiger partial charge in [0.25, 0.3) is 5.91 Å². The third-order valence-corrected chi connectivity index (χ3v) is 6.38. The fraction of sp³-hybridized carbons (Fsp3) is 0.360. The molecule has 3 aromatic rings. The van der Waals surface area contributed by atoms with Crippen molar-refractivity contribution in [2.45, 2.75) is 44.8 Å². The number of benzene rings is 2. The predicted octanol–water partition coefficient (Wildman–Crippen LogP) is 6.17. The molecule has 9 heteroatoms. The normalized spacial score (nSPS) is 19.6. The van der Waals surface area contributed by atoms with Crippen LogP contribution in [0.1, 0.15) is 41.6 Å². The topological polar surface area (TPSA) is 51.2 Å². The number of hydrogen-bond donors (Lipinski definition) is 1. The molecule has 2 atom stereocenters. The Kier molecular flexibility index (Phi) is 7.00. The number of hydrogen-bond acceptors (Lipinski definition) is 3. The fourth-order valence-corrected chi connectivity index (χ4v) is 4.62. The summed E-state index contributed by atoms with van der Waals surface area (Å²) in [5.41, 5.74) is 1.24. The Morgan fingerprint density at radius 2 is 1.79 bits per heavy atom. The Balaban J connectivity index is 1.42.